The van der Waals surface area contributed by atoms with E-state index in [-0.39, 0.29) is 16.2 Å². The summed E-state index contributed by atoms with van der Waals surface area (Å²) in [7, 11) is -1.67. The van der Waals surface area contributed by atoms with Gasteiger partial charge in [0.15, 0.2) is 5.57 Å². The molecule has 140 valence electrons. The molecule has 2 rings (SSSR count). The number of nitrogens with zero attached hydrogens (tertiary/aromatic N) is 1. The van der Waals surface area contributed by atoms with Crippen molar-refractivity contribution in [3.63, 3.8) is 0 Å². The third-order valence-corrected chi connectivity index (χ3v) is 4.48. The Morgan fingerprint density at radius 2 is 1.74 bits per heavy atom. The molecule has 0 aromatic heterocycles. The molecular formula is C19H19ClN2O4Si. The Morgan fingerprint density at radius 3 is 2.26 bits per heavy atom. The Hall–Kier alpha value is -2.74. The number of esters is 2. The molecular weight excluding hydrogens is 384 g/mol. The number of rotatable bonds is 2. The van der Waals surface area contributed by atoms with Crippen LogP contribution < -0.4 is 5.32 Å². The second-order valence-corrected chi connectivity index (χ2v) is 12.5. The van der Waals surface area contributed by atoms with Gasteiger partial charge in [0.25, 0.3) is 5.79 Å². The first kappa shape index (κ1) is 20.6. The molecule has 0 bridgehead atoms. The lowest BCUT2D eigenvalue weighted by Gasteiger charge is -2.29. The van der Waals surface area contributed by atoms with Gasteiger partial charge in [-0.25, -0.2) is 9.59 Å². The number of cyclic esters (lactones) is 2. The zero-order valence-corrected chi connectivity index (χ0v) is 17.4. The van der Waals surface area contributed by atoms with E-state index in [4.69, 9.17) is 21.1 Å². The molecule has 1 heterocycles. The number of nitriles is 1. The predicted molar refractivity (Wildman–Crippen MR) is 104 cm³/mol. The molecule has 0 saturated carbocycles. The molecule has 6 nitrogen and oxygen atoms in total. The average molecular weight is 403 g/mol. The Morgan fingerprint density at radius 1 is 1.15 bits per heavy atom. The van der Waals surface area contributed by atoms with Crippen molar-refractivity contribution in [2.45, 2.75) is 39.3 Å². The van der Waals surface area contributed by atoms with Gasteiger partial charge in [-0.15, -0.1) is 5.54 Å². The van der Waals surface area contributed by atoms with E-state index in [0.29, 0.717) is 11.3 Å². The summed E-state index contributed by atoms with van der Waals surface area (Å²) < 4.78 is 10.1. The lowest BCUT2D eigenvalue weighted by atomic mass is 10.1. The number of hydrogen-bond donors (Lipinski definition) is 1. The highest BCUT2D eigenvalue weighted by Crippen LogP contribution is 2.27. The Labute approximate surface area is 164 Å². The minimum atomic E-state index is -1.67. The minimum absolute atomic E-state index is 0.229. The van der Waals surface area contributed by atoms with Crippen LogP contribution in [0.2, 0.25) is 24.7 Å². The first-order valence-corrected chi connectivity index (χ1v) is 12.0. The van der Waals surface area contributed by atoms with Crippen molar-refractivity contribution in [2.24, 2.45) is 0 Å². The molecule has 0 spiro atoms. The smallest absolute Gasteiger partial charge is 0.350 e. The normalized spacial score (nSPS) is 15.7. The maximum atomic E-state index is 12.0. The van der Waals surface area contributed by atoms with Gasteiger partial charge < -0.3 is 14.8 Å². The highest BCUT2D eigenvalue weighted by molar-refractivity contribution is 6.83. The van der Waals surface area contributed by atoms with Gasteiger partial charge in [0.2, 0.25) is 0 Å². The second-order valence-electron chi connectivity index (χ2n) is 7.37. The van der Waals surface area contributed by atoms with Crippen LogP contribution in [0.1, 0.15) is 25.0 Å². The SMILES string of the molecule is CC1(C)OC(=O)C(=CNc2cc(Cl)c(C#N)cc2C#C[Si](C)(C)C)C(=O)O1. The van der Waals surface area contributed by atoms with E-state index >= 15 is 0 Å². The van der Waals surface area contributed by atoms with Crippen LogP contribution in [0.15, 0.2) is 23.9 Å². The predicted octanol–water partition coefficient (Wildman–Crippen LogP) is 3.57. The summed E-state index contributed by atoms with van der Waals surface area (Å²) in [6.07, 6.45) is 1.19. The zero-order chi connectivity index (χ0) is 20.4. The first-order valence-electron chi connectivity index (χ1n) is 8.12. The van der Waals surface area contributed by atoms with Crippen molar-refractivity contribution in [1.82, 2.24) is 0 Å². The molecule has 1 aliphatic heterocycles. The Kier molecular flexibility index (Phi) is 5.69. The first-order chi connectivity index (χ1) is 12.4. The number of benzene rings is 1. The summed E-state index contributed by atoms with van der Waals surface area (Å²) >= 11 is 6.10. The quantitative estimate of drug-likeness (QED) is 0.267. The van der Waals surface area contributed by atoms with Crippen molar-refractivity contribution in [2.75, 3.05) is 5.32 Å². The number of hydrogen-bond acceptors (Lipinski definition) is 6. The van der Waals surface area contributed by atoms with Crippen molar-refractivity contribution in [3.8, 4) is 17.5 Å². The molecule has 0 radical (unpaired) electrons. The number of carbonyl (C=O) groups excluding carboxylic acids is 2. The second kappa shape index (κ2) is 7.48. The topological polar surface area (TPSA) is 88.4 Å². The van der Waals surface area contributed by atoms with E-state index in [1.165, 1.54) is 26.1 Å². The highest BCUT2D eigenvalue weighted by atomic mass is 35.5. The molecule has 0 amide bonds. The summed E-state index contributed by atoms with van der Waals surface area (Å²) in [4.78, 5) is 24.1. The molecule has 1 N–H and O–H groups in total. The maximum Gasteiger partial charge on any atom is 0.350 e. The number of ether oxygens (including phenoxy) is 2. The van der Waals surface area contributed by atoms with Gasteiger partial charge in [0.1, 0.15) is 14.1 Å². The van der Waals surface area contributed by atoms with Gasteiger partial charge in [-0.05, 0) is 12.1 Å². The van der Waals surface area contributed by atoms with E-state index in [2.05, 4.69) is 36.4 Å². The number of anilines is 1. The molecule has 1 aliphatic rings. The Bertz CT molecular complexity index is 921. The molecule has 0 atom stereocenters. The van der Waals surface area contributed by atoms with Gasteiger partial charge in [0, 0.05) is 25.6 Å². The third-order valence-electron chi connectivity index (χ3n) is 3.29. The molecule has 1 saturated heterocycles. The summed E-state index contributed by atoms with van der Waals surface area (Å²) in [5.41, 5.74) is 4.21. The van der Waals surface area contributed by atoms with Gasteiger partial charge in [0.05, 0.1) is 16.3 Å². The lowest BCUT2D eigenvalue weighted by molar-refractivity contribution is -0.222. The van der Waals surface area contributed by atoms with Crippen molar-refractivity contribution in [3.05, 3.63) is 40.1 Å². The summed E-state index contributed by atoms with van der Waals surface area (Å²) in [5.74, 6) is 0.161. The van der Waals surface area contributed by atoms with Crippen LogP contribution in [0.25, 0.3) is 0 Å². The van der Waals surface area contributed by atoms with Crippen molar-refractivity contribution < 1.29 is 19.1 Å². The molecule has 8 heteroatoms. The number of halogens is 1. The van der Waals surface area contributed by atoms with Crippen molar-refractivity contribution in [1.29, 1.82) is 5.26 Å². The van der Waals surface area contributed by atoms with Crippen LogP contribution >= 0.6 is 11.6 Å². The summed E-state index contributed by atoms with van der Waals surface area (Å²) in [6, 6.07) is 5.10. The molecule has 1 fully saturated rings. The van der Waals surface area contributed by atoms with Crippen LogP contribution in [-0.4, -0.2) is 25.8 Å². The van der Waals surface area contributed by atoms with Gasteiger partial charge >= 0.3 is 11.9 Å². The standard InChI is InChI=1S/C19H19ClN2O4Si/c1-19(2)25-17(23)14(18(24)26-19)11-22-16-9-15(20)13(10-21)8-12(16)6-7-27(3,4)5/h8-9,11,22H,1-5H3. The molecule has 1 aromatic carbocycles. The van der Waals surface area contributed by atoms with Crippen LogP contribution in [0, 0.1) is 22.8 Å². The monoisotopic (exact) mass is 402 g/mol. The molecule has 1 aromatic rings. The fourth-order valence-corrected chi connectivity index (χ4v) is 2.78. The number of carbonyl (C=O) groups is 2. The minimum Gasteiger partial charge on any atom is -0.419 e. The van der Waals surface area contributed by atoms with E-state index in [1.807, 2.05) is 6.07 Å². The van der Waals surface area contributed by atoms with Crippen LogP contribution in [-0.2, 0) is 19.1 Å². The van der Waals surface area contributed by atoms with E-state index in [9.17, 15) is 14.9 Å². The largest absolute Gasteiger partial charge is 0.419 e. The van der Waals surface area contributed by atoms with Gasteiger partial charge in [-0.1, -0.05) is 37.2 Å². The summed E-state index contributed by atoms with van der Waals surface area (Å²) in [5, 5.41) is 12.3. The third kappa shape index (κ3) is 5.37. The molecule has 0 aliphatic carbocycles. The van der Waals surface area contributed by atoms with E-state index < -0.39 is 25.8 Å². The fourth-order valence-electron chi connectivity index (χ4n) is 2.06. The summed E-state index contributed by atoms with van der Waals surface area (Å²) in [6.45, 7) is 9.21. The van der Waals surface area contributed by atoms with Gasteiger partial charge in [-0.3, -0.25) is 0 Å². The Balaban J connectivity index is 2.42. The zero-order valence-electron chi connectivity index (χ0n) is 15.7. The van der Waals surface area contributed by atoms with E-state index in [1.54, 1.807) is 6.07 Å². The van der Waals surface area contributed by atoms with Crippen molar-refractivity contribution >= 4 is 37.3 Å². The molecule has 0 unspecified atom stereocenters. The van der Waals surface area contributed by atoms with Gasteiger partial charge in [-0.2, -0.15) is 5.26 Å². The highest BCUT2D eigenvalue weighted by Gasteiger charge is 2.39. The van der Waals surface area contributed by atoms with Crippen LogP contribution in [0.3, 0.4) is 0 Å². The van der Waals surface area contributed by atoms with Crippen LogP contribution in [0.4, 0.5) is 5.69 Å². The lowest BCUT2D eigenvalue weighted by Crippen LogP contribution is -2.42. The number of nitrogens with one attached hydrogen (secondary N) is 1. The molecule has 27 heavy (non-hydrogen) atoms. The fraction of sp³-hybridized carbons (Fsp3) is 0.316. The van der Waals surface area contributed by atoms with Crippen LogP contribution in [0.5, 0.6) is 0 Å². The maximum absolute atomic E-state index is 12.0. The van der Waals surface area contributed by atoms with E-state index in [0.717, 1.165) is 0 Å². The average Bonchev–Trinajstić information content (AvgIpc) is 2.51.